The lowest BCUT2D eigenvalue weighted by atomic mass is 10.0. The van der Waals surface area contributed by atoms with Crippen molar-refractivity contribution in [1.29, 1.82) is 0 Å². The molecule has 0 aliphatic carbocycles. The molecule has 1 heterocycles. The minimum atomic E-state index is -0.162. The molecule has 0 N–H and O–H groups in total. The van der Waals surface area contributed by atoms with Gasteiger partial charge in [-0.15, -0.1) is 0 Å². The molecule has 0 aromatic heterocycles. The summed E-state index contributed by atoms with van der Waals surface area (Å²) in [6.45, 7) is 5.90. The van der Waals surface area contributed by atoms with E-state index in [1.807, 2.05) is 67.6 Å². The second-order valence-electron chi connectivity index (χ2n) is 6.11. The van der Waals surface area contributed by atoms with E-state index in [2.05, 4.69) is 16.9 Å². The number of anilines is 1. The minimum Gasteiger partial charge on any atom is -0.398 e. The normalized spacial score (nSPS) is 15.5. The molecule has 0 radical (unpaired) electrons. The Labute approximate surface area is 159 Å². The van der Waals surface area contributed by atoms with Gasteiger partial charge in [0.15, 0.2) is 5.71 Å². The van der Waals surface area contributed by atoms with E-state index < -0.39 is 0 Å². The van der Waals surface area contributed by atoms with Crippen LogP contribution in [0.5, 0.6) is 0 Å². The molecule has 3 rings (SSSR count). The van der Waals surface area contributed by atoms with Gasteiger partial charge in [-0.1, -0.05) is 47.6 Å². The van der Waals surface area contributed by atoms with Crippen molar-refractivity contribution in [3.05, 3.63) is 83.6 Å². The summed E-state index contributed by atoms with van der Waals surface area (Å²) in [5.74, 6) is -0.162. The van der Waals surface area contributed by atoms with Crippen LogP contribution in [0.1, 0.15) is 23.6 Å². The van der Waals surface area contributed by atoms with Crippen LogP contribution >= 0.6 is 0 Å². The fourth-order valence-corrected chi connectivity index (χ4v) is 3.01. The van der Waals surface area contributed by atoms with Gasteiger partial charge in [-0.2, -0.15) is 0 Å². The van der Waals surface area contributed by atoms with Gasteiger partial charge in [0.25, 0.3) is 5.91 Å². The Morgan fingerprint density at radius 3 is 2.70 bits per heavy atom. The van der Waals surface area contributed by atoms with Crippen molar-refractivity contribution >= 4 is 29.6 Å². The number of benzene rings is 2. The number of carbonyl (C=O) groups is 1. The summed E-state index contributed by atoms with van der Waals surface area (Å²) in [6, 6.07) is 15.8. The van der Waals surface area contributed by atoms with E-state index in [4.69, 9.17) is 4.84 Å². The molecule has 1 aliphatic heterocycles. The molecule has 0 saturated carbocycles. The zero-order valence-electron chi connectivity index (χ0n) is 15.4. The Hall–Kier alpha value is -3.47. The number of rotatable bonds is 6. The molecule has 2 aromatic carbocycles. The van der Waals surface area contributed by atoms with E-state index in [-0.39, 0.29) is 5.91 Å². The van der Waals surface area contributed by atoms with Crippen LogP contribution < -0.4 is 4.90 Å². The second kappa shape index (κ2) is 8.27. The Kier molecular flexibility index (Phi) is 5.61. The van der Waals surface area contributed by atoms with Crippen LogP contribution in [0.3, 0.4) is 0 Å². The van der Waals surface area contributed by atoms with Gasteiger partial charge in [-0.05, 0) is 48.6 Å². The zero-order chi connectivity index (χ0) is 19.2. The summed E-state index contributed by atoms with van der Waals surface area (Å²) in [7, 11) is 1.45. The van der Waals surface area contributed by atoms with Crippen molar-refractivity contribution in [3.8, 4) is 0 Å². The first-order chi connectivity index (χ1) is 13.2. The van der Waals surface area contributed by atoms with E-state index in [1.165, 1.54) is 7.11 Å². The summed E-state index contributed by atoms with van der Waals surface area (Å²) in [5.41, 5.74) is 5.02. The number of hydrogen-bond acceptors (Lipinski definition) is 4. The SMILES string of the molecule is C=N/C=C\C=C(/C)c1ccc2c(c1)/C(=N\OC)C(=O)N2Cc1ccccc1. The van der Waals surface area contributed by atoms with Gasteiger partial charge in [-0.25, -0.2) is 0 Å². The van der Waals surface area contributed by atoms with Gasteiger partial charge in [0.2, 0.25) is 0 Å². The van der Waals surface area contributed by atoms with Gasteiger partial charge in [0, 0.05) is 11.8 Å². The number of aliphatic imine (C=N–C) groups is 1. The highest BCUT2D eigenvalue weighted by molar-refractivity contribution is 6.54. The Morgan fingerprint density at radius 1 is 1.22 bits per heavy atom. The molecule has 0 saturated heterocycles. The quantitative estimate of drug-likeness (QED) is 0.441. The fourth-order valence-electron chi connectivity index (χ4n) is 3.01. The molecule has 0 atom stereocenters. The van der Waals surface area contributed by atoms with Crippen LogP contribution in [0.4, 0.5) is 5.69 Å². The highest BCUT2D eigenvalue weighted by Gasteiger charge is 2.35. The summed E-state index contributed by atoms with van der Waals surface area (Å²) < 4.78 is 0. The highest BCUT2D eigenvalue weighted by Crippen LogP contribution is 2.33. The van der Waals surface area contributed by atoms with Gasteiger partial charge in [-0.3, -0.25) is 9.79 Å². The summed E-state index contributed by atoms with van der Waals surface area (Å²) in [5, 5.41) is 3.98. The largest absolute Gasteiger partial charge is 0.398 e. The number of oxime groups is 1. The molecule has 1 amide bonds. The first-order valence-corrected chi connectivity index (χ1v) is 8.56. The van der Waals surface area contributed by atoms with Crippen LogP contribution in [0.25, 0.3) is 5.57 Å². The van der Waals surface area contributed by atoms with Gasteiger partial charge < -0.3 is 9.74 Å². The zero-order valence-corrected chi connectivity index (χ0v) is 15.4. The van der Waals surface area contributed by atoms with Crippen LogP contribution in [0.2, 0.25) is 0 Å². The van der Waals surface area contributed by atoms with Crippen molar-refractivity contribution < 1.29 is 9.63 Å². The third kappa shape index (κ3) is 3.87. The summed E-state index contributed by atoms with van der Waals surface area (Å²) in [6.07, 6.45) is 5.40. The second-order valence-corrected chi connectivity index (χ2v) is 6.11. The van der Waals surface area contributed by atoms with Gasteiger partial charge >= 0.3 is 0 Å². The highest BCUT2D eigenvalue weighted by atomic mass is 16.6. The summed E-state index contributed by atoms with van der Waals surface area (Å²) >= 11 is 0. The van der Waals surface area contributed by atoms with Crippen LogP contribution in [0.15, 0.2) is 77.0 Å². The Bertz CT molecular complexity index is 943. The monoisotopic (exact) mass is 359 g/mol. The molecule has 0 bridgehead atoms. The van der Waals surface area contributed by atoms with Crippen molar-refractivity contribution in [1.82, 2.24) is 0 Å². The minimum absolute atomic E-state index is 0.162. The number of fused-ring (bicyclic) bond motifs is 1. The van der Waals surface area contributed by atoms with E-state index in [9.17, 15) is 4.79 Å². The van der Waals surface area contributed by atoms with E-state index in [0.29, 0.717) is 12.3 Å². The number of amides is 1. The van der Waals surface area contributed by atoms with Crippen molar-refractivity contribution in [2.75, 3.05) is 12.0 Å². The third-order valence-corrected chi connectivity index (χ3v) is 4.35. The molecule has 27 heavy (non-hydrogen) atoms. The van der Waals surface area contributed by atoms with Crippen molar-refractivity contribution in [2.45, 2.75) is 13.5 Å². The van der Waals surface area contributed by atoms with Gasteiger partial charge in [0.05, 0.1) is 12.2 Å². The summed E-state index contributed by atoms with van der Waals surface area (Å²) in [4.78, 5) is 23.3. The van der Waals surface area contributed by atoms with E-state index >= 15 is 0 Å². The average Bonchev–Trinajstić information content (AvgIpc) is 2.94. The topological polar surface area (TPSA) is 54.3 Å². The molecule has 0 unspecified atom stereocenters. The number of nitrogens with zero attached hydrogens (tertiary/aromatic N) is 3. The molecule has 5 nitrogen and oxygen atoms in total. The van der Waals surface area contributed by atoms with Gasteiger partial charge in [0.1, 0.15) is 7.11 Å². The standard InChI is InChI=1S/C22H21N3O2/c1-16(8-7-13-23-2)18-11-12-20-19(14-18)21(24-27-3)22(26)25(20)15-17-9-5-4-6-10-17/h4-14H,2,15H2,1,3H3/b13-7-,16-8+,24-21+. The average molecular weight is 359 g/mol. The van der Waals surface area contributed by atoms with E-state index in [1.54, 1.807) is 11.1 Å². The lowest BCUT2D eigenvalue weighted by Gasteiger charge is -2.17. The fraction of sp³-hybridized carbons (Fsp3) is 0.136. The lowest BCUT2D eigenvalue weighted by Crippen LogP contribution is -2.29. The van der Waals surface area contributed by atoms with Crippen LogP contribution in [0, 0.1) is 0 Å². The molecule has 136 valence electrons. The Balaban J connectivity index is 2.01. The van der Waals surface area contributed by atoms with Crippen molar-refractivity contribution in [3.63, 3.8) is 0 Å². The predicted octanol–water partition coefficient (Wildman–Crippen LogP) is 4.20. The molecule has 1 aliphatic rings. The molecule has 2 aromatic rings. The third-order valence-electron chi connectivity index (χ3n) is 4.35. The van der Waals surface area contributed by atoms with E-state index in [0.717, 1.165) is 28.0 Å². The molecule has 0 fully saturated rings. The molecule has 5 heteroatoms. The van der Waals surface area contributed by atoms with Crippen molar-refractivity contribution in [2.24, 2.45) is 10.1 Å². The maximum absolute atomic E-state index is 12.9. The number of carbonyl (C=O) groups excluding carboxylic acids is 1. The lowest BCUT2D eigenvalue weighted by molar-refractivity contribution is -0.112. The maximum Gasteiger partial charge on any atom is 0.281 e. The molecule has 0 spiro atoms. The Morgan fingerprint density at radius 2 is 2.00 bits per heavy atom. The number of allylic oxidation sites excluding steroid dienone is 3. The van der Waals surface area contributed by atoms with Crippen LogP contribution in [-0.4, -0.2) is 25.4 Å². The first kappa shape index (κ1) is 18.3. The predicted molar refractivity (Wildman–Crippen MR) is 110 cm³/mol. The molecular formula is C22H21N3O2. The van der Waals surface area contributed by atoms with Crippen LogP contribution in [-0.2, 0) is 16.2 Å². The number of hydrogen-bond donors (Lipinski definition) is 0. The maximum atomic E-state index is 12.9. The first-order valence-electron chi connectivity index (χ1n) is 8.56. The smallest absolute Gasteiger partial charge is 0.281 e. The molecular weight excluding hydrogens is 338 g/mol.